The molecule has 4 nitrogen and oxygen atoms in total. The van der Waals surface area contributed by atoms with Gasteiger partial charge in [0.2, 0.25) is 0 Å². The Hall–Kier alpha value is -2.36. The fraction of sp³-hybridized carbons (Fsp3) is 0.294. The van der Waals surface area contributed by atoms with E-state index < -0.39 is 0 Å². The minimum absolute atomic E-state index is 0.162. The molecule has 0 atom stereocenters. The van der Waals surface area contributed by atoms with Crippen molar-refractivity contribution in [3.8, 4) is 0 Å². The van der Waals surface area contributed by atoms with Crippen LogP contribution < -0.4 is 10.2 Å². The molecule has 1 fully saturated rings. The number of para-hydroxylation sites is 2. The number of aromatic nitrogens is 1. The highest BCUT2D eigenvalue weighted by atomic mass is 16.1. The number of pyridine rings is 1. The normalized spacial score (nSPS) is 14.2. The maximum absolute atomic E-state index is 12.3. The van der Waals surface area contributed by atoms with Crippen LogP contribution in [-0.4, -0.2) is 24.0 Å². The van der Waals surface area contributed by atoms with Gasteiger partial charge in [0.1, 0.15) is 5.69 Å². The highest BCUT2D eigenvalue weighted by Gasteiger charge is 2.17. The fourth-order valence-electron chi connectivity index (χ4n) is 2.67. The molecule has 0 bridgehead atoms. The smallest absolute Gasteiger partial charge is 0.274 e. The molecule has 1 saturated heterocycles. The van der Waals surface area contributed by atoms with Crippen LogP contribution in [0.3, 0.4) is 0 Å². The molecule has 0 spiro atoms. The van der Waals surface area contributed by atoms with Crippen molar-refractivity contribution in [1.29, 1.82) is 0 Å². The first-order chi connectivity index (χ1) is 10.2. The predicted molar refractivity (Wildman–Crippen MR) is 84.8 cm³/mol. The number of nitrogens with one attached hydrogen (secondary N) is 1. The van der Waals surface area contributed by atoms with Crippen molar-refractivity contribution in [2.45, 2.75) is 19.8 Å². The largest absolute Gasteiger partial charge is 0.370 e. The molecule has 4 heteroatoms. The predicted octanol–water partition coefficient (Wildman–Crippen LogP) is 3.24. The molecule has 1 aromatic carbocycles. The van der Waals surface area contributed by atoms with Gasteiger partial charge < -0.3 is 10.2 Å². The van der Waals surface area contributed by atoms with Crippen LogP contribution in [0.4, 0.5) is 11.4 Å². The Balaban J connectivity index is 1.83. The summed E-state index contributed by atoms with van der Waals surface area (Å²) in [5.41, 5.74) is 3.24. The van der Waals surface area contributed by atoms with E-state index in [0.29, 0.717) is 5.69 Å². The summed E-state index contributed by atoms with van der Waals surface area (Å²) in [5, 5.41) is 2.99. The molecule has 1 N–H and O–H groups in total. The average molecular weight is 281 g/mol. The first kappa shape index (κ1) is 13.6. The SMILES string of the molecule is Cc1cccc(C(=O)Nc2ccccc2N2CCCC2)n1. The van der Waals surface area contributed by atoms with Gasteiger partial charge in [0.05, 0.1) is 11.4 Å². The van der Waals surface area contributed by atoms with Crippen molar-refractivity contribution in [1.82, 2.24) is 4.98 Å². The van der Waals surface area contributed by atoms with Crippen LogP contribution in [0.15, 0.2) is 42.5 Å². The average Bonchev–Trinajstić information content (AvgIpc) is 3.02. The van der Waals surface area contributed by atoms with Crippen LogP contribution in [0.2, 0.25) is 0 Å². The van der Waals surface area contributed by atoms with Gasteiger partial charge in [-0.1, -0.05) is 18.2 Å². The second-order valence-corrected chi connectivity index (χ2v) is 5.33. The van der Waals surface area contributed by atoms with E-state index in [1.807, 2.05) is 37.3 Å². The second-order valence-electron chi connectivity index (χ2n) is 5.33. The van der Waals surface area contributed by atoms with Gasteiger partial charge in [0, 0.05) is 18.8 Å². The number of hydrogen-bond donors (Lipinski definition) is 1. The van der Waals surface area contributed by atoms with Crippen LogP contribution in [-0.2, 0) is 0 Å². The fourth-order valence-corrected chi connectivity index (χ4v) is 2.67. The van der Waals surface area contributed by atoms with Gasteiger partial charge in [0.15, 0.2) is 0 Å². The van der Waals surface area contributed by atoms with Crippen molar-refractivity contribution < 1.29 is 4.79 Å². The maximum atomic E-state index is 12.3. The van der Waals surface area contributed by atoms with E-state index in [-0.39, 0.29) is 5.91 Å². The number of nitrogens with zero attached hydrogens (tertiary/aromatic N) is 2. The lowest BCUT2D eigenvalue weighted by atomic mass is 10.2. The maximum Gasteiger partial charge on any atom is 0.274 e. The van der Waals surface area contributed by atoms with E-state index in [0.717, 1.165) is 30.2 Å². The molecule has 0 unspecified atom stereocenters. The summed E-state index contributed by atoms with van der Waals surface area (Å²) in [5.74, 6) is -0.162. The molecule has 0 radical (unpaired) electrons. The number of anilines is 2. The van der Waals surface area contributed by atoms with Gasteiger partial charge in [-0.25, -0.2) is 4.98 Å². The molecule has 1 amide bonds. The van der Waals surface area contributed by atoms with Crippen molar-refractivity contribution in [2.75, 3.05) is 23.3 Å². The van der Waals surface area contributed by atoms with Crippen molar-refractivity contribution >= 4 is 17.3 Å². The molecule has 1 aliphatic rings. The summed E-state index contributed by atoms with van der Waals surface area (Å²) < 4.78 is 0. The third-order valence-electron chi connectivity index (χ3n) is 3.72. The van der Waals surface area contributed by atoms with E-state index in [4.69, 9.17) is 0 Å². The Morgan fingerprint density at radius 2 is 1.86 bits per heavy atom. The lowest BCUT2D eigenvalue weighted by molar-refractivity contribution is 0.102. The summed E-state index contributed by atoms with van der Waals surface area (Å²) in [6.07, 6.45) is 2.42. The third-order valence-corrected chi connectivity index (χ3v) is 3.72. The zero-order valence-electron chi connectivity index (χ0n) is 12.2. The Labute approximate surface area is 124 Å². The zero-order valence-corrected chi connectivity index (χ0v) is 12.2. The van der Waals surface area contributed by atoms with Gasteiger partial charge in [0.25, 0.3) is 5.91 Å². The first-order valence-electron chi connectivity index (χ1n) is 7.33. The van der Waals surface area contributed by atoms with Crippen LogP contribution >= 0.6 is 0 Å². The van der Waals surface area contributed by atoms with Gasteiger partial charge >= 0.3 is 0 Å². The van der Waals surface area contributed by atoms with Crippen LogP contribution in [0.1, 0.15) is 29.0 Å². The van der Waals surface area contributed by atoms with Gasteiger partial charge in [-0.15, -0.1) is 0 Å². The van der Waals surface area contributed by atoms with Crippen molar-refractivity contribution in [2.24, 2.45) is 0 Å². The number of carbonyl (C=O) groups excluding carboxylic acids is 1. The van der Waals surface area contributed by atoms with Crippen LogP contribution in [0.25, 0.3) is 0 Å². The molecule has 21 heavy (non-hydrogen) atoms. The number of hydrogen-bond acceptors (Lipinski definition) is 3. The summed E-state index contributed by atoms with van der Waals surface area (Å²) in [6.45, 7) is 3.99. The molecular formula is C17H19N3O. The van der Waals surface area contributed by atoms with E-state index >= 15 is 0 Å². The lowest BCUT2D eigenvalue weighted by Crippen LogP contribution is -2.21. The Bertz CT molecular complexity index is 648. The molecule has 108 valence electrons. The number of amides is 1. The van der Waals surface area contributed by atoms with Crippen LogP contribution in [0, 0.1) is 6.92 Å². The van der Waals surface area contributed by atoms with E-state index in [1.54, 1.807) is 6.07 Å². The summed E-state index contributed by atoms with van der Waals surface area (Å²) in [7, 11) is 0. The quantitative estimate of drug-likeness (QED) is 0.939. The van der Waals surface area contributed by atoms with E-state index in [9.17, 15) is 4.79 Å². The second kappa shape index (κ2) is 5.95. The molecule has 2 aromatic rings. The summed E-state index contributed by atoms with van der Waals surface area (Å²) in [4.78, 5) is 18.9. The van der Waals surface area contributed by atoms with Gasteiger partial charge in [-0.3, -0.25) is 4.79 Å². The molecule has 3 rings (SSSR count). The molecular weight excluding hydrogens is 262 g/mol. The van der Waals surface area contributed by atoms with Crippen molar-refractivity contribution in [3.63, 3.8) is 0 Å². The minimum atomic E-state index is -0.162. The first-order valence-corrected chi connectivity index (χ1v) is 7.33. The van der Waals surface area contributed by atoms with E-state index in [1.165, 1.54) is 12.8 Å². The summed E-state index contributed by atoms with van der Waals surface area (Å²) >= 11 is 0. The third kappa shape index (κ3) is 3.05. The molecule has 0 saturated carbocycles. The number of benzene rings is 1. The van der Waals surface area contributed by atoms with Gasteiger partial charge in [-0.2, -0.15) is 0 Å². The Kier molecular flexibility index (Phi) is 3.86. The highest BCUT2D eigenvalue weighted by molar-refractivity contribution is 6.04. The molecule has 2 heterocycles. The molecule has 0 aliphatic carbocycles. The van der Waals surface area contributed by atoms with Crippen LogP contribution in [0.5, 0.6) is 0 Å². The molecule has 1 aromatic heterocycles. The van der Waals surface area contributed by atoms with Gasteiger partial charge in [-0.05, 0) is 44.0 Å². The monoisotopic (exact) mass is 281 g/mol. The standard InChI is InChI=1S/C17H19N3O/c1-13-7-6-9-15(18-13)17(21)19-14-8-2-3-10-16(14)20-11-4-5-12-20/h2-3,6-10H,4-5,11-12H2,1H3,(H,19,21). The number of rotatable bonds is 3. The highest BCUT2D eigenvalue weighted by Crippen LogP contribution is 2.28. The number of aryl methyl sites for hydroxylation is 1. The topological polar surface area (TPSA) is 45.2 Å². The Morgan fingerprint density at radius 1 is 1.10 bits per heavy atom. The summed E-state index contributed by atoms with van der Waals surface area (Å²) in [6, 6.07) is 13.4. The Morgan fingerprint density at radius 3 is 2.62 bits per heavy atom. The molecule has 1 aliphatic heterocycles. The van der Waals surface area contributed by atoms with Crippen molar-refractivity contribution in [3.05, 3.63) is 53.9 Å². The minimum Gasteiger partial charge on any atom is -0.370 e. The zero-order chi connectivity index (χ0) is 14.7. The lowest BCUT2D eigenvalue weighted by Gasteiger charge is -2.21. The van der Waals surface area contributed by atoms with E-state index in [2.05, 4.69) is 21.3 Å². The number of carbonyl (C=O) groups is 1.